The molecule has 2 aliphatic heterocycles. The summed E-state index contributed by atoms with van der Waals surface area (Å²) in [5, 5.41) is 11.1. The fourth-order valence-corrected chi connectivity index (χ4v) is 4.29. The van der Waals surface area contributed by atoms with Gasteiger partial charge in [0.2, 0.25) is 0 Å². The summed E-state index contributed by atoms with van der Waals surface area (Å²) in [6.07, 6.45) is 0.269. The second-order valence-electron chi connectivity index (χ2n) is 7.19. The molecular weight excluding hydrogens is 343 g/mol. The Balaban J connectivity index is 1.63. The van der Waals surface area contributed by atoms with E-state index >= 15 is 0 Å². The summed E-state index contributed by atoms with van der Waals surface area (Å²) in [5.74, 6) is -3.07. The molecule has 0 radical (unpaired) electrons. The Morgan fingerprint density at radius 2 is 1.58 bits per heavy atom. The summed E-state index contributed by atoms with van der Waals surface area (Å²) in [4.78, 5) is 2.23. The molecule has 26 heavy (non-hydrogen) atoms. The molecule has 2 aromatic rings. The fourth-order valence-electron chi connectivity index (χ4n) is 4.29. The van der Waals surface area contributed by atoms with Crippen LogP contribution in [0, 0.1) is 17.5 Å². The molecule has 0 aliphatic carbocycles. The number of fused-ring (bicyclic) bond motifs is 2. The Hall–Kier alpha value is -1.89. The molecule has 2 atom stereocenters. The largest absolute Gasteiger partial charge is 0.385 e. The summed E-state index contributed by atoms with van der Waals surface area (Å²) in [6, 6.07) is 10.8. The molecule has 4 rings (SSSR count). The number of hydrogen-bond acceptors (Lipinski definition) is 3. The Kier molecular flexibility index (Phi) is 4.50. The van der Waals surface area contributed by atoms with Crippen LogP contribution in [0.5, 0.6) is 0 Å². The maximum atomic E-state index is 14.3. The van der Waals surface area contributed by atoms with Crippen LogP contribution in [0.4, 0.5) is 13.2 Å². The summed E-state index contributed by atoms with van der Waals surface area (Å²) >= 11 is 0. The van der Waals surface area contributed by atoms with Gasteiger partial charge < -0.3 is 9.84 Å². The molecule has 3 nitrogen and oxygen atoms in total. The van der Waals surface area contributed by atoms with E-state index in [9.17, 15) is 18.3 Å². The van der Waals surface area contributed by atoms with Crippen LogP contribution in [0.25, 0.3) is 0 Å². The lowest BCUT2D eigenvalue weighted by atomic mass is 9.76. The summed E-state index contributed by atoms with van der Waals surface area (Å²) < 4.78 is 47.4. The highest BCUT2D eigenvalue weighted by atomic mass is 19.1. The van der Waals surface area contributed by atoms with Crippen molar-refractivity contribution in [2.45, 2.75) is 37.1 Å². The van der Waals surface area contributed by atoms with Gasteiger partial charge in [-0.15, -0.1) is 0 Å². The Bertz CT molecular complexity index is 762. The predicted octanol–water partition coefficient (Wildman–Crippen LogP) is 3.35. The molecule has 138 valence electrons. The highest BCUT2D eigenvalue weighted by Crippen LogP contribution is 2.43. The van der Waals surface area contributed by atoms with E-state index in [2.05, 4.69) is 4.90 Å². The molecule has 0 aromatic heterocycles. The van der Waals surface area contributed by atoms with Gasteiger partial charge in [0.25, 0.3) is 0 Å². The first kappa shape index (κ1) is 17.5. The van der Waals surface area contributed by atoms with Gasteiger partial charge >= 0.3 is 0 Å². The number of nitrogens with zero attached hydrogens (tertiary/aromatic N) is 1. The number of rotatable bonds is 3. The Morgan fingerprint density at radius 3 is 2.15 bits per heavy atom. The zero-order valence-corrected chi connectivity index (χ0v) is 14.2. The number of halogens is 3. The highest BCUT2D eigenvalue weighted by Gasteiger charge is 2.49. The molecule has 1 N–H and O–H groups in total. The van der Waals surface area contributed by atoms with Crippen LogP contribution in [0.2, 0.25) is 0 Å². The SMILES string of the molecule is OC1(c2c(F)cc(F)cc2F)CC2COCC(C1)N2Cc1ccccc1. The molecule has 2 heterocycles. The minimum Gasteiger partial charge on any atom is -0.385 e. The normalized spacial score (nSPS) is 28.9. The minimum atomic E-state index is -1.67. The van der Waals surface area contributed by atoms with Gasteiger partial charge in [-0.05, 0) is 18.4 Å². The number of hydrogen-bond donors (Lipinski definition) is 1. The van der Waals surface area contributed by atoms with Crippen molar-refractivity contribution >= 4 is 0 Å². The van der Waals surface area contributed by atoms with E-state index in [1.807, 2.05) is 30.3 Å². The monoisotopic (exact) mass is 363 g/mol. The van der Waals surface area contributed by atoms with Crippen LogP contribution in [0.15, 0.2) is 42.5 Å². The molecule has 2 saturated heterocycles. The van der Waals surface area contributed by atoms with Crippen molar-refractivity contribution in [3.63, 3.8) is 0 Å². The first-order valence-electron chi connectivity index (χ1n) is 8.71. The van der Waals surface area contributed by atoms with Crippen molar-refractivity contribution in [1.82, 2.24) is 4.90 Å². The summed E-state index contributed by atoms with van der Waals surface area (Å²) in [6.45, 7) is 1.45. The summed E-state index contributed by atoms with van der Waals surface area (Å²) in [7, 11) is 0. The minimum absolute atomic E-state index is 0.135. The third-order valence-corrected chi connectivity index (χ3v) is 5.39. The first-order chi connectivity index (χ1) is 12.5. The number of benzene rings is 2. The van der Waals surface area contributed by atoms with Crippen LogP contribution in [0.3, 0.4) is 0 Å². The lowest BCUT2D eigenvalue weighted by Gasteiger charge is -2.51. The van der Waals surface area contributed by atoms with E-state index < -0.39 is 28.6 Å². The van der Waals surface area contributed by atoms with Gasteiger partial charge in [0.1, 0.15) is 17.5 Å². The van der Waals surface area contributed by atoms with E-state index in [4.69, 9.17) is 4.74 Å². The molecule has 2 unspecified atom stereocenters. The lowest BCUT2D eigenvalue weighted by Crippen LogP contribution is -2.60. The third kappa shape index (κ3) is 3.13. The molecule has 0 amide bonds. The fraction of sp³-hybridized carbons (Fsp3) is 0.400. The number of morpholine rings is 1. The highest BCUT2D eigenvalue weighted by molar-refractivity contribution is 5.29. The second kappa shape index (κ2) is 6.68. The Labute approximate surface area is 150 Å². The third-order valence-electron chi connectivity index (χ3n) is 5.39. The molecule has 2 aliphatic rings. The smallest absolute Gasteiger partial charge is 0.135 e. The summed E-state index contributed by atoms with van der Waals surface area (Å²) in [5.41, 5.74) is -0.974. The van der Waals surface area contributed by atoms with Gasteiger partial charge in [0.05, 0.1) is 24.4 Å². The molecule has 2 aromatic carbocycles. The first-order valence-corrected chi connectivity index (χ1v) is 8.71. The molecule has 2 fully saturated rings. The van der Waals surface area contributed by atoms with Crippen LogP contribution in [0.1, 0.15) is 24.0 Å². The number of piperidine rings is 1. The van der Waals surface area contributed by atoms with E-state index in [-0.39, 0.29) is 24.9 Å². The average Bonchev–Trinajstić information content (AvgIpc) is 2.56. The van der Waals surface area contributed by atoms with Gasteiger partial charge in [-0.25, -0.2) is 13.2 Å². The molecular formula is C20H20F3NO2. The maximum Gasteiger partial charge on any atom is 0.135 e. The van der Waals surface area contributed by atoms with E-state index in [0.717, 1.165) is 5.56 Å². The zero-order valence-electron chi connectivity index (χ0n) is 14.2. The van der Waals surface area contributed by atoms with Crippen LogP contribution in [-0.4, -0.2) is 35.3 Å². The quantitative estimate of drug-likeness (QED) is 0.908. The van der Waals surface area contributed by atoms with Gasteiger partial charge in [0.15, 0.2) is 0 Å². The van der Waals surface area contributed by atoms with Crippen LogP contribution < -0.4 is 0 Å². The standard InChI is InChI=1S/C20H20F3NO2/c21-14-6-17(22)19(18(23)7-14)20(25)8-15-11-26-12-16(9-20)24(15)10-13-4-2-1-3-5-13/h1-7,15-16,25H,8-12H2. The number of ether oxygens (including phenoxy) is 1. The van der Waals surface area contributed by atoms with Crippen molar-refractivity contribution in [2.24, 2.45) is 0 Å². The average molecular weight is 363 g/mol. The van der Waals surface area contributed by atoms with Gasteiger partial charge in [-0.3, -0.25) is 4.90 Å². The van der Waals surface area contributed by atoms with Gasteiger partial charge in [0, 0.05) is 30.8 Å². The topological polar surface area (TPSA) is 32.7 Å². The van der Waals surface area contributed by atoms with Crippen molar-refractivity contribution < 1.29 is 23.0 Å². The van der Waals surface area contributed by atoms with E-state index in [0.29, 0.717) is 31.9 Å². The molecule has 0 saturated carbocycles. The predicted molar refractivity (Wildman–Crippen MR) is 89.8 cm³/mol. The maximum absolute atomic E-state index is 14.3. The van der Waals surface area contributed by atoms with Crippen LogP contribution >= 0.6 is 0 Å². The van der Waals surface area contributed by atoms with E-state index in [1.54, 1.807) is 0 Å². The zero-order chi connectivity index (χ0) is 18.3. The molecule has 2 bridgehead atoms. The molecule has 0 spiro atoms. The lowest BCUT2D eigenvalue weighted by molar-refractivity contribution is -0.151. The van der Waals surface area contributed by atoms with Crippen molar-refractivity contribution in [1.29, 1.82) is 0 Å². The van der Waals surface area contributed by atoms with E-state index in [1.165, 1.54) is 0 Å². The van der Waals surface area contributed by atoms with Crippen molar-refractivity contribution in [3.05, 3.63) is 71.0 Å². The molecule has 6 heteroatoms. The van der Waals surface area contributed by atoms with Crippen molar-refractivity contribution in [3.8, 4) is 0 Å². The number of aliphatic hydroxyl groups is 1. The second-order valence-corrected chi connectivity index (χ2v) is 7.19. The van der Waals surface area contributed by atoms with Crippen molar-refractivity contribution in [2.75, 3.05) is 13.2 Å². The Morgan fingerprint density at radius 1 is 1.00 bits per heavy atom. The van der Waals surface area contributed by atoms with Gasteiger partial charge in [-0.2, -0.15) is 0 Å². The van der Waals surface area contributed by atoms with Crippen LogP contribution in [-0.2, 0) is 16.9 Å². The van der Waals surface area contributed by atoms with Gasteiger partial charge in [-0.1, -0.05) is 30.3 Å².